The zero-order valence-corrected chi connectivity index (χ0v) is 18.0. The highest BCUT2D eigenvalue weighted by Crippen LogP contribution is 2.45. The van der Waals surface area contributed by atoms with E-state index >= 15 is 0 Å². The van der Waals surface area contributed by atoms with Crippen molar-refractivity contribution in [3.05, 3.63) is 59.7 Å². The number of piperidine rings is 1. The minimum Gasteiger partial charge on any atom is -0.448 e. The second kappa shape index (κ2) is 8.46. The van der Waals surface area contributed by atoms with Crippen LogP contribution in [0, 0.1) is 5.92 Å². The maximum Gasteiger partial charge on any atom is 0.410 e. The first-order valence-electron chi connectivity index (χ1n) is 11.3. The Balaban J connectivity index is 1.26. The van der Waals surface area contributed by atoms with E-state index in [2.05, 4.69) is 36.4 Å². The number of fused-ring (bicyclic) bond motifs is 5. The van der Waals surface area contributed by atoms with E-state index in [1.54, 1.807) is 7.11 Å². The van der Waals surface area contributed by atoms with Crippen molar-refractivity contribution in [2.75, 3.05) is 20.3 Å². The number of carbonyl (C=O) groups excluding carboxylic acids is 2. The van der Waals surface area contributed by atoms with E-state index in [1.165, 1.54) is 22.3 Å². The molecule has 2 aromatic carbocycles. The molecule has 2 heterocycles. The Labute approximate surface area is 183 Å². The molecule has 2 unspecified atom stereocenters. The summed E-state index contributed by atoms with van der Waals surface area (Å²) in [6.07, 6.45) is 3.67. The fourth-order valence-corrected chi connectivity index (χ4v) is 5.81. The molecule has 2 saturated heterocycles. The van der Waals surface area contributed by atoms with E-state index in [9.17, 15) is 9.59 Å². The van der Waals surface area contributed by atoms with Crippen molar-refractivity contribution in [3.8, 4) is 11.1 Å². The Hall–Kier alpha value is -2.66. The summed E-state index contributed by atoms with van der Waals surface area (Å²) in [7, 11) is 1.62. The Kier molecular flexibility index (Phi) is 5.53. The summed E-state index contributed by atoms with van der Waals surface area (Å²) >= 11 is 0. The molecule has 5 heteroatoms. The van der Waals surface area contributed by atoms with Crippen molar-refractivity contribution in [1.29, 1.82) is 0 Å². The fourth-order valence-electron chi connectivity index (χ4n) is 5.81. The number of rotatable bonds is 6. The van der Waals surface area contributed by atoms with Gasteiger partial charge < -0.3 is 14.4 Å². The fraction of sp³-hybridized carbons (Fsp3) is 0.462. The number of ketones is 1. The molecule has 2 atom stereocenters. The van der Waals surface area contributed by atoms with Gasteiger partial charge in [0.2, 0.25) is 0 Å². The van der Waals surface area contributed by atoms with Gasteiger partial charge in [-0.3, -0.25) is 4.79 Å². The van der Waals surface area contributed by atoms with Crippen LogP contribution in [0.25, 0.3) is 11.1 Å². The predicted octanol–water partition coefficient (Wildman–Crippen LogP) is 4.78. The molecule has 2 aliphatic heterocycles. The van der Waals surface area contributed by atoms with E-state index in [0.29, 0.717) is 19.6 Å². The van der Waals surface area contributed by atoms with Crippen LogP contribution < -0.4 is 0 Å². The van der Waals surface area contributed by atoms with Gasteiger partial charge in [-0.05, 0) is 47.9 Å². The third kappa shape index (κ3) is 3.65. The lowest BCUT2D eigenvalue weighted by atomic mass is 9.86. The van der Waals surface area contributed by atoms with Gasteiger partial charge in [0, 0.05) is 37.5 Å². The minimum absolute atomic E-state index is 0.0466. The van der Waals surface area contributed by atoms with Crippen molar-refractivity contribution in [2.24, 2.45) is 5.92 Å². The zero-order chi connectivity index (χ0) is 21.4. The quantitative estimate of drug-likeness (QED) is 0.676. The minimum atomic E-state index is -0.225. The van der Waals surface area contributed by atoms with E-state index in [4.69, 9.17) is 9.47 Å². The molecule has 0 N–H and O–H groups in total. The van der Waals surface area contributed by atoms with Crippen LogP contribution in [0.1, 0.15) is 49.1 Å². The van der Waals surface area contributed by atoms with Gasteiger partial charge >= 0.3 is 6.09 Å². The lowest BCUT2D eigenvalue weighted by Gasteiger charge is -2.37. The van der Waals surface area contributed by atoms with Crippen LogP contribution in [0.4, 0.5) is 4.79 Å². The molecule has 2 bridgehead atoms. The van der Waals surface area contributed by atoms with E-state index < -0.39 is 0 Å². The summed E-state index contributed by atoms with van der Waals surface area (Å²) in [6, 6.07) is 17.0. The van der Waals surface area contributed by atoms with Crippen molar-refractivity contribution in [2.45, 2.75) is 50.1 Å². The molecule has 0 aromatic heterocycles. The Morgan fingerprint density at radius 1 is 0.935 bits per heavy atom. The normalized spacial score (nSPS) is 24.0. The van der Waals surface area contributed by atoms with Gasteiger partial charge in [0.15, 0.2) is 0 Å². The maximum atomic E-state index is 13.1. The largest absolute Gasteiger partial charge is 0.448 e. The number of amides is 1. The molecule has 2 aromatic rings. The molecule has 31 heavy (non-hydrogen) atoms. The van der Waals surface area contributed by atoms with Gasteiger partial charge in [-0.15, -0.1) is 0 Å². The lowest BCUT2D eigenvalue weighted by Crippen LogP contribution is -2.48. The highest BCUT2D eigenvalue weighted by atomic mass is 16.6. The summed E-state index contributed by atoms with van der Waals surface area (Å²) in [4.78, 5) is 27.5. The number of benzene rings is 2. The SMILES string of the molecule is COCCC(=O)C1CC2CCC(C1)N2C(=O)OCC1c2ccccc2-c2ccccc21. The second-order valence-electron chi connectivity index (χ2n) is 8.97. The molecular weight excluding hydrogens is 390 g/mol. The summed E-state index contributed by atoms with van der Waals surface area (Å²) in [5, 5.41) is 0. The summed E-state index contributed by atoms with van der Waals surface area (Å²) in [5.41, 5.74) is 4.91. The predicted molar refractivity (Wildman–Crippen MR) is 118 cm³/mol. The molecule has 3 aliphatic rings. The summed E-state index contributed by atoms with van der Waals surface area (Å²) in [5.74, 6) is 0.387. The first kappa shape index (κ1) is 20.3. The molecular formula is C26H29NO4. The van der Waals surface area contributed by atoms with Crippen LogP contribution in [0.15, 0.2) is 48.5 Å². The van der Waals surface area contributed by atoms with Crippen molar-refractivity contribution in [3.63, 3.8) is 0 Å². The van der Waals surface area contributed by atoms with E-state index in [1.807, 2.05) is 17.0 Å². The first-order valence-corrected chi connectivity index (χ1v) is 11.3. The molecule has 5 rings (SSSR count). The summed E-state index contributed by atoms with van der Waals surface area (Å²) < 4.78 is 11.0. The number of Topliss-reactive ketones (excluding diaryl/α,β-unsaturated/α-hetero) is 1. The maximum absolute atomic E-state index is 13.1. The number of ether oxygens (including phenoxy) is 2. The lowest BCUT2D eigenvalue weighted by molar-refractivity contribution is -0.126. The number of carbonyl (C=O) groups is 2. The Bertz CT molecular complexity index is 927. The summed E-state index contributed by atoms with van der Waals surface area (Å²) in [6.45, 7) is 0.819. The monoisotopic (exact) mass is 419 g/mol. The zero-order valence-electron chi connectivity index (χ0n) is 18.0. The molecule has 0 spiro atoms. The molecule has 0 saturated carbocycles. The highest BCUT2D eigenvalue weighted by molar-refractivity contribution is 5.82. The Morgan fingerprint density at radius 3 is 2.10 bits per heavy atom. The first-order chi connectivity index (χ1) is 15.2. The molecule has 1 amide bonds. The number of methoxy groups -OCH3 is 1. The van der Waals surface area contributed by atoms with Crippen molar-refractivity contribution < 1.29 is 19.1 Å². The van der Waals surface area contributed by atoms with Crippen LogP contribution in [-0.4, -0.2) is 49.2 Å². The standard InChI is InChI=1S/C26H29NO4/c1-30-13-12-25(28)17-14-18-10-11-19(15-17)27(18)26(29)31-16-24-22-8-4-2-6-20(22)21-7-3-5-9-23(21)24/h2-9,17-19,24H,10-16H2,1H3. The highest BCUT2D eigenvalue weighted by Gasteiger charge is 2.45. The average Bonchev–Trinajstić information content (AvgIpc) is 3.26. The van der Waals surface area contributed by atoms with E-state index in [0.717, 1.165) is 25.7 Å². The molecule has 1 aliphatic carbocycles. The van der Waals surface area contributed by atoms with Crippen LogP contribution in [-0.2, 0) is 14.3 Å². The number of nitrogens with zero attached hydrogens (tertiary/aromatic N) is 1. The van der Waals surface area contributed by atoms with Gasteiger partial charge in [0.05, 0.1) is 6.61 Å². The van der Waals surface area contributed by atoms with Gasteiger partial charge in [0.25, 0.3) is 0 Å². The third-order valence-corrected chi connectivity index (χ3v) is 7.29. The average molecular weight is 420 g/mol. The second-order valence-corrected chi connectivity index (χ2v) is 8.97. The van der Waals surface area contributed by atoms with Crippen LogP contribution in [0.3, 0.4) is 0 Å². The topological polar surface area (TPSA) is 55.8 Å². The van der Waals surface area contributed by atoms with Crippen LogP contribution in [0.5, 0.6) is 0 Å². The Morgan fingerprint density at radius 2 is 1.52 bits per heavy atom. The number of hydrogen-bond acceptors (Lipinski definition) is 4. The smallest absolute Gasteiger partial charge is 0.410 e. The van der Waals surface area contributed by atoms with Gasteiger partial charge in [-0.1, -0.05) is 48.5 Å². The van der Waals surface area contributed by atoms with Gasteiger partial charge in [0.1, 0.15) is 12.4 Å². The molecule has 0 radical (unpaired) electrons. The van der Waals surface area contributed by atoms with Gasteiger partial charge in [-0.25, -0.2) is 4.79 Å². The third-order valence-electron chi connectivity index (χ3n) is 7.29. The molecule has 162 valence electrons. The number of hydrogen-bond donors (Lipinski definition) is 0. The molecule has 2 fully saturated rings. The van der Waals surface area contributed by atoms with Crippen LogP contribution >= 0.6 is 0 Å². The van der Waals surface area contributed by atoms with Gasteiger partial charge in [-0.2, -0.15) is 0 Å². The van der Waals surface area contributed by atoms with Crippen molar-refractivity contribution >= 4 is 11.9 Å². The van der Waals surface area contributed by atoms with Crippen LogP contribution in [0.2, 0.25) is 0 Å². The molecule has 5 nitrogen and oxygen atoms in total. The van der Waals surface area contributed by atoms with E-state index in [-0.39, 0.29) is 35.8 Å². The van der Waals surface area contributed by atoms with Crippen molar-refractivity contribution in [1.82, 2.24) is 4.90 Å².